The number of likely N-dealkylation sites (N-methyl/N-ethyl adjacent to an activating group) is 1. The highest BCUT2D eigenvalue weighted by Crippen LogP contribution is 2.33. The number of hydrogen-bond acceptors (Lipinski definition) is 4. The first-order valence-corrected chi connectivity index (χ1v) is 11.1. The highest BCUT2D eigenvalue weighted by molar-refractivity contribution is 5.96. The summed E-state index contributed by atoms with van der Waals surface area (Å²) in [6.45, 7) is 2.34. The van der Waals surface area contributed by atoms with Crippen LogP contribution in [0.15, 0.2) is 54.6 Å². The van der Waals surface area contributed by atoms with Crippen LogP contribution in [-0.2, 0) is 16.1 Å². The van der Waals surface area contributed by atoms with Gasteiger partial charge < -0.3 is 20.2 Å². The van der Waals surface area contributed by atoms with Gasteiger partial charge >= 0.3 is 18.2 Å². The molecule has 12 heteroatoms. The fraction of sp³-hybridized carbons (Fsp3) is 0.375. The highest BCUT2D eigenvalue weighted by Gasteiger charge is 2.48. The Kier molecular flexibility index (Phi) is 8.18. The van der Waals surface area contributed by atoms with Crippen LogP contribution in [0.2, 0.25) is 0 Å². The minimum Gasteiger partial charge on any atom is -0.475 e. The summed E-state index contributed by atoms with van der Waals surface area (Å²) in [5.74, 6) is -3.00. The summed E-state index contributed by atoms with van der Waals surface area (Å²) in [4.78, 5) is 39.9. The number of rotatable bonds is 3. The summed E-state index contributed by atoms with van der Waals surface area (Å²) >= 11 is 0. The molecule has 3 amide bonds. The lowest BCUT2D eigenvalue weighted by Gasteiger charge is -2.46. The molecule has 2 saturated heterocycles. The molecule has 0 aliphatic carbocycles. The van der Waals surface area contributed by atoms with Crippen molar-refractivity contribution in [2.45, 2.75) is 24.7 Å². The van der Waals surface area contributed by atoms with Gasteiger partial charge in [0.2, 0.25) is 5.91 Å². The average molecular weight is 510 g/mol. The van der Waals surface area contributed by atoms with Crippen LogP contribution < -0.4 is 10.2 Å². The largest absolute Gasteiger partial charge is 0.490 e. The molecule has 36 heavy (non-hydrogen) atoms. The van der Waals surface area contributed by atoms with Gasteiger partial charge in [-0.15, -0.1) is 0 Å². The number of nitrogens with zero attached hydrogens (tertiary/aromatic N) is 3. The van der Waals surface area contributed by atoms with Crippen LogP contribution in [0.5, 0.6) is 0 Å². The molecule has 0 saturated carbocycles. The molecule has 0 aromatic heterocycles. The van der Waals surface area contributed by atoms with Crippen molar-refractivity contribution in [3.8, 4) is 0 Å². The van der Waals surface area contributed by atoms with E-state index in [1.54, 1.807) is 17.0 Å². The van der Waals surface area contributed by atoms with E-state index in [0.29, 0.717) is 26.2 Å². The molecule has 2 aromatic rings. The van der Waals surface area contributed by atoms with Crippen LogP contribution in [0.4, 0.5) is 28.0 Å². The van der Waals surface area contributed by atoms with Crippen LogP contribution in [0.1, 0.15) is 12.0 Å². The first-order valence-electron chi connectivity index (χ1n) is 11.1. The molecule has 4 rings (SSSR count). The molecule has 2 fully saturated rings. The molecule has 1 atom stereocenters. The van der Waals surface area contributed by atoms with E-state index < -0.39 is 12.1 Å². The SMILES string of the molecule is CN1CC(=O)N(c2ccccc2)CC12CCN(C(=O)NCc1cccc(F)c1)C2.O=C(O)C(F)(F)F. The second-order valence-corrected chi connectivity index (χ2v) is 8.66. The fourth-order valence-electron chi connectivity index (χ4n) is 4.21. The predicted molar refractivity (Wildman–Crippen MR) is 123 cm³/mol. The minimum absolute atomic E-state index is 0.0679. The third-order valence-electron chi connectivity index (χ3n) is 6.20. The number of piperazine rings is 1. The Morgan fingerprint density at radius 1 is 1.08 bits per heavy atom. The number of carboxylic acids is 1. The number of carboxylic acid groups (broad SMARTS) is 1. The van der Waals surface area contributed by atoms with Gasteiger partial charge in [0.15, 0.2) is 0 Å². The molecule has 2 aromatic carbocycles. The van der Waals surface area contributed by atoms with Gasteiger partial charge in [-0.25, -0.2) is 14.0 Å². The smallest absolute Gasteiger partial charge is 0.475 e. The van der Waals surface area contributed by atoms with Gasteiger partial charge in [-0.3, -0.25) is 9.69 Å². The number of anilines is 1. The van der Waals surface area contributed by atoms with Crippen LogP contribution in [-0.4, -0.2) is 77.8 Å². The topological polar surface area (TPSA) is 93.2 Å². The van der Waals surface area contributed by atoms with E-state index in [0.717, 1.165) is 17.7 Å². The van der Waals surface area contributed by atoms with Gasteiger partial charge in [-0.1, -0.05) is 30.3 Å². The molecular weight excluding hydrogens is 484 g/mol. The van der Waals surface area contributed by atoms with Gasteiger partial charge in [0.05, 0.1) is 12.1 Å². The number of likely N-dealkylation sites (tertiary alicyclic amines) is 1. The van der Waals surface area contributed by atoms with Gasteiger partial charge in [-0.05, 0) is 43.3 Å². The first-order chi connectivity index (χ1) is 16.9. The Bertz CT molecular complexity index is 1100. The first kappa shape index (κ1) is 26.9. The van der Waals surface area contributed by atoms with Gasteiger partial charge in [0.25, 0.3) is 0 Å². The van der Waals surface area contributed by atoms with Gasteiger partial charge in [0, 0.05) is 31.9 Å². The normalized spacial score (nSPS) is 20.2. The maximum Gasteiger partial charge on any atom is 0.490 e. The molecule has 8 nitrogen and oxygen atoms in total. The Balaban J connectivity index is 0.000000454. The van der Waals surface area contributed by atoms with E-state index in [1.807, 2.05) is 42.3 Å². The Morgan fingerprint density at radius 2 is 1.75 bits per heavy atom. The lowest BCUT2D eigenvalue weighted by atomic mass is 9.92. The third-order valence-corrected chi connectivity index (χ3v) is 6.20. The quantitative estimate of drug-likeness (QED) is 0.620. The molecule has 1 unspecified atom stereocenters. The summed E-state index contributed by atoms with van der Waals surface area (Å²) in [5.41, 5.74) is 1.35. The third kappa shape index (κ3) is 6.51. The Labute approximate surface area is 205 Å². The summed E-state index contributed by atoms with van der Waals surface area (Å²) in [7, 11) is 1.95. The zero-order valence-corrected chi connectivity index (χ0v) is 19.5. The van der Waals surface area contributed by atoms with Crippen molar-refractivity contribution in [3.05, 3.63) is 66.0 Å². The van der Waals surface area contributed by atoms with E-state index in [4.69, 9.17) is 9.90 Å². The monoisotopic (exact) mass is 510 g/mol. The van der Waals surface area contributed by atoms with Crippen LogP contribution in [0.25, 0.3) is 0 Å². The zero-order valence-electron chi connectivity index (χ0n) is 19.5. The van der Waals surface area contributed by atoms with E-state index in [1.165, 1.54) is 12.1 Å². The molecule has 1 spiro atoms. The van der Waals surface area contributed by atoms with Gasteiger partial charge in [-0.2, -0.15) is 13.2 Å². The summed E-state index contributed by atoms with van der Waals surface area (Å²) in [5, 5.41) is 10.0. The number of benzene rings is 2. The second kappa shape index (κ2) is 10.9. The van der Waals surface area contributed by atoms with Gasteiger partial charge in [0.1, 0.15) is 5.82 Å². The van der Waals surface area contributed by atoms with Crippen molar-refractivity contribution < 1.29 is 37.1 Å². The Morgan fingerprint density at radius 3 is 2.36 bits per heavy atom. The molecule has 2 aliphatic heterocycles. The Hall–Kier alpha value is -3.67. The van der Waals surface area contributed by atoms with Crippen molar-refractivity contribution in [1.29, 1.82) is 0 Å². The minimum atomic E-state index is -5.08. The molecule has 0 radical (unpaired) electrons. The fourth-order valence-corrected chi connectivity index (χ4v) is 4.21. The highest BCUT2D eigenvalue weighted by atomic mass is 19.4. The number of nitrogens with one attached hydrogen (secondary N) is 1. The number of alkyl halides is 3. The molecule has 2 N–H and O–H groups in total. The lowest BCUT2D eigenvalue weighted by molar-refractivity contribution is -0.192. The summed E-state index contributed by atoms with van der Waals surface area (Å²) in [6.07, 6.45) is -4.28. The lowest BCUT2D eigenvalue weighted by Crippen LogP contribution is -2.64. The number of carbonyl (C=O) groups is 3. The van der Waals surface area contributed by atoms with E-state index in [2.05, 4.69) is 10.2 Å². The molecule has 2 heterocycles. The summed E-state index contributed by atoms with van der Waals surface area (Å²) in [6, 6.07) is 15.7. The number of aliphatic carboxylic acids is 1. The van der Waals surface area contributed by atoms with Crippen molar-refractivity contribution >= 4 is 23.6 Å². The second-order valence-electron chi connectivity index (χ2n) is 8.66. The van der Waals surface area contributed by atoms with E-state index in [-0.39, 0.29) is 29.8 Å². The number of para-hydroxylation sites is 1. The van der Waals surface area contributed by atoms with Crippen molar-refractivity contribution in [2.75, 3.05) is 38.1 Å². The number of halogens is 4. The molecule has 2 aliphatic rings. The van der Waals surface area contributed by atoms with Crippen molar-refractivity contribution in [2.24, 2.45) is 0 Å². The number of urea groups is 1. The van der Waals surface area contributed by atoms with Crippen molar-refractivity contribution in [1.82, 2.24) is 15.1 Å². The maximum atomic E-state index is 13.3. The van der Waals surface area contributed by atoms with E-state index in [9.17, 15) is 27.2 Å². The zero-order chi connectivity index (χ0) is 26.5. The number of carbonyl (C=O) groups excluding carboxylic acids is 2. The van der Waals surface area contributed by atoms with Crippen LogP contribution in [0, 0.1) is 5.82 Å². The van der Waals surface area contributed by atoms with Crippen LogP contribution >= 0.6 is 0 Å². The molecule has 0 bridgehead atoms. The predicted octanol–water partition coefficient (Wildman–Crippen LogP) is 3.09. The van der Waals surface area contributed by atoms with E-state index >= 15 is 0 Å². The van der Waals surface area contributed by atoms with Crippen molar-refractivity contribution in [3.63, 3.8) is 0 Å². The number of hydrogen-bond donors (Lipinski definition) is 2. The molecular formula is C24H26F4N4O4. The van der Waals surface area contributed by atoms with Crippen LogP contribution in [0.3, 0.4) is 0 Å². The molecule has 194 valence electrons. The summed E-state index contributed by atoms with van der Waals surface area (Å²) < 4.78 is 45.1. The standard InChI is InChI=1S/C22H25FN4O2.C2HF3O2/c1-25-14-20(28)27(19-8-3-2-4-9-19)16-22(25)10-11-26(15-22)21(29)24-13-17-6-5-7-18(23)12-17;3-2(4,5)1(6)7/h2-9,12H,10-11,13-16H2,1H3,(H,24,29);(H,6,7). The average Bonchev–Trinajstić information content (AvgIpc) is 3.26. The number of amides is 3. The maximum absolute atomic E-state index is 13.3.